The van der Waals surface area contributed by atoms with Crippen molar-refractivity contribution in [3.63, 3.8) is 0 Å². The number of esters is 1. The Hall–Kier alpha value is -5.82. The SMILES string of the molecule is CC(=O)OCCCN1C(=O)C(C#N)=C(C)/C(=C\c2cn(-c3ccccc3)nc2-c2cccc(OCc3ccc(F)cc3)c2)C1=O. The van der Waals surface area contributed by atoms with E-state index in [0.29, 0.717) is 22.6 Å². The number of amides is 2. The first-order valence-corrected chi connectivity index (χ1v) is 14.2. The van der Waals surface area contributed by atoms with Gasteiger partial charge < -0.3 is 9.47 Å². The van der Waals surface area contributed by atoms with Crippen molar-refractivity contribution in [2.75, 3.05) is 13.2 Å². The number of nitriles is 1. The highest BCUT2D eigenvalue weighted by molar-refractivity contribution is 6.19. The van der Waals surface area contributed by atoms with Crippen molar-refractivity contribution in [1.82, 2.24) is 14.7 Å². The third kappa shape index (κ3) is 7.05. The molecule has 45 heavy (non-hydrogen) atoms. The molecule has 1 aliphatic rings. The zero-order valence-corrected chi connectivity index (χ0v) is 24.7. The van der Waals surface area contributed by atoms with Gasteiger partial charge in [0, 0.05) is 36.4 Å². The molecule has 0 atom stereocenters. The summed E-state index contributed by atoms with van der Waals surface area (Å²) >= 11 is 0. The van der Waals surface area contributed by atoms with Crippen LogP contribution in [0.1, 0.15) is 31.4 Å². The first kappa shape index (κ1) is 30.6. The first-order valence-electron chi connectivity index (χ1n) is 14.2. The maximum Gasteiger partial charge on any atom is 0.302 e. The number of aromatic nitrogens is 2. The summed E-state index contributed by atoms with van der Waals surface area (Å²) in [6.45, 7) is 3.09. The summed E-state index contributed by atoms with van der Waals surface area (Å²) in [6.07, 6.45) is 3.64. The fraction of sp³-hybridized carbons (Fsp3) is 0.171. The van der Waals surface area contributed by atoms with Crippen molar-refractivity contribution in [2.45, 2.75) is 26.9 Å². The van der Waals surface area contributed by atoms with Gasteiger partial charge in [0.15, 0.2) is 0 Å². The third-order valence-electron chi connectivity index (χ3n) is 7.15. The van der Waals surface area contributed by atoms with Crippen LogP contribution in [0.4, 0.5) is 4.39 Å². The Morgan fingerprint density at radius 3 is 2.49 bits per heavy atom. The number of benzene rings is 3. The van der Waals surface area contributed by atoms with Crippen molar-refractivity contribution >= 4 is 23.9 Å². The number of para-hydroxylation sites is 1. The van der Waals surface area contributed by atoms with Crippen LogP contribution in [0.3, 0.4) is 0 Å². The van der Waals surface area contributed by atoms with Crippen molar-refractivity contribution in [2.24, 2.45) is 0 Å². The van der Waals surface area contributed by atoms with Gasteiger partial charge in [0.2, 0.25) is 0 Å². The Morgan fingerprint density at radius 2 is 1.78 bits per heavy atom. The molecule has 10 heteroatoms. The Labute approximate surface area is 259 Å². The molecule has 0 N–H and O–H groups in total. The van der Waals surface area contributed by atoms with E-state index in [2.05, 4.69) is 0 Å². The molecule has 0 spiro atoms. The predicted molar refractivity (Wildman–Crippen MR) is 164 cm³/mol. The monoisotopic (exact) mass is 604 g/mol. The molecule has 4 aromatic rings. The number of ether oxygens (including phenoxy) is 2. The molecule has 0 fully saturated rings. The van der Waals surface area contributed by atoms with Crippen LogP contribution in [-0.4, -0.2) is 45.6 Å². The Balaban J connectivity index is 1.53. The number of nitrogens with zero attached hydrogens (tertiary/aromatic N) is 4. The van der Waals surface area contributed by atoms with Crippen LogP contribution in [0, 0.1) is 17.1 Å². The molecular formula is C35H29FN4O5. The summed E-state index contributed by atoms with van der Waals surface area (Å²) in [4.78, 5) is 38.9. The number of halogens is 1. The van der Waals surface area contributed by atoms with Crippen molar-refractivity contribution in [3.05, 3.63) is 119 Å². The minimum absolute atomic E-state index is 0.0235. The average molecular weight is 605 g/mol. The van der Waals surface area contributed by atoms with E-state index in [1.165, 1.54) is 19.1 Å². The number of imide groups is 1. The second-order valence-electron chi connectivity index (χ2n) is 10.3. The quantitative estimate of drug-likeness (QED) is 0.0972. The molecular weight excluding hydrogens is 575 g/mol. The highest BCUT2D eigenvalue weighted by Gasteiger charge is 2.35. The lowest BCUT2D eigenvalue weighted by atomic mass is 9.93. The molecule has 0 saturated carbocycles. The van der Waals surface area contributed by atoms with Gasteiger partial charge in [-0.05, 0) is 67.0 Å². The fourth-order valence-electron chi connectivity index (χ4n) is 4.84. The minimum atomic E-state index is -0.689. The molecule has 2 heterocycles. The summed E-state index contributed by atoms with van der Waals surface area (Å²) in [5, 5.41) is 14.7. The minimum Gasteiger partial charge on any atom is -0.489 e. The zero-order chi connectivity index (χ0) is 31.9. The van der Waals surface area contributed by atoms with E-state index in [0.717, 1.165) is 16.2 Å². The standard InChI is InChI=1S/C35H29FN4O5/c1-23-31(34(42)39(35(43)32(23)20-37)16-7-17-44-24(2)41)19-27-21-40(29-9-4-3-5-10-29)38-33(27)26-8-6-11-30(18-26)45-22-25-12-14-28(36)15-13-25/h3-6,8-15,18-19,21H,7,16-17,22H2,1-2H3/b31-19+. The molecule has 0 aliphatic carbocycles. The van der Waals surface area contributed by atoms with Crippen LogP contribution in [0.5, 0.6) is 5.75 Å². The fourth-order valence-corrected chi connectivity index (χ4v) is 4.84. The first-order chi connectivity index (χ1) is 21.7. The van der Waals surface area contributed by atoms with E-state index in [4.69, 9.17) is 14.6 Å². The summed E-state index contributed by atoms with van der Waals surface area (Å²) < 4.78 is 25.9. The molecule has 9 nitrogen and oxygen atoms in total. The molecule has 1 aliphatic heterocycles. The molecule has 0 unspecified atom stereocenters. The molecule has 0 bridgehead atoms. The van der Waals surface area contributed by atoms with Gasteiger partial charge in [0.1, 0.15) is 35.5 Å². The number of hydrogen-bond acceptors (Lipinski definition) is 7. The maximum atomic E-state index is 13.7. The molecule has 2 amide bonds. The largest absolute Gasteiger partial charge is 0.489 e. The van der Waals surface area contributed by atoms with Crippen LogP contribution >= 0.6 is 0 Å². The summed E-state index contributed by atoms with van der Waals surface area (Å²) in [5.74, 6) is -1.48. The molecule has 5 rings (SSSR count). The molecule has 0 saturated heterocycles. The molecule has 0 radical (unpaired) electrons. The van der Waals surface area contributed by atoms with E-state index in [1.807, 2.05) is 54.6 Å². The topological polar surface area (TPSA) is 115 Å². The highest BCUT2D eigenvalue weighted by Crippen LogP contribution is 2.32. The molecule has 226 valence electrons. The molecule has 1 aromatic heterocycles. The normalized spacial score (nSPS) is 14.1. The smallest absolute Gasteiger partial charge is 0.302 e. The number of rotatable bonds is 10. The van der Waals surface area contributed by atoms with Crippen LogP contribution in [0.25, 0.3) is 23.0 Å². The van der Waals surface area contributed by atoms with Gasteiger partial charge >= 0.3 is 5.97 Å². The summed E-state index contributed by atoms with van der Waals surface area (Å²) in [6, 6.07) is 24.8. The van der Waals surface area contributed by atoms with Gasteiger partial charge in [-0.1, -0.05) is 42.5 Å². The van der Waals surface area contributed by atoms with Crippen molar-refractivity contribution in [3.8, 4) is 28.8 Å². The summed E-state index contributed by atoms with van der Waals surface area (Å²) in [5.41, 5.74) is 3.71. The van der Waals surface area contributed by atoms with E-state index < -0.39 is 17.8 Å². The van der Waals surface area contributed by atoms with E-state index in [9.17, 15) is 24.0 Å². The maximum absolute atomic E-state index is 13.7. The second-order valence-corrected chi connectivity index (χ2v) is 10.3. The molecule has 3 aromatic carbocycles. The van der Waals surface area contributed by atoms with Crippen LogP contribution in [-0.2, 0) is 25.7 Å². The third-order valence-corrected chi connectivity index (χ3v) is 7.15. The Bertz CT molecular complexity index is 1850. The van der Waals surface area contributed by atoms with Gasteiger partial charge in [-0.2, -0.15) is 10.4 Å². The lowest BCUT2D eigenvalue weighted by Crippen LogP contribution is -2.43. The second kappa shape index (κ2) is 13.7. The zero-order valence-electron chi connectivity index (χ0n) is 24.7. The number of hydrogen-bond donors (Lipinski definition) is 0. The van der Waals surface area contributed by atoms with Gasteiger partial charge in [0.25, 0.3) is 11.8 Å². The van der Waals surface area contributed by atoms with E-state index in [1.54, 1.807) is 42.1 Å². The lowest BCUT2D eigenvalue weighted by Gasteiger charge is -2.27. The average Bonchev–Trinajstić information content (AvgIpc) is 3.47. The van der Waals surface area contributed by atoms with Crippen molar-refractivity contribution < 1.29 is 28.2 Å². The van der Waals surface area contributed by atoms with Crippen LogP contribution < -0.4 is 4.74 Å². The summed E-state index contributed by atoms with van der Waals surface area (Å²) in [7, 11) is 0. The number of carbonyl (C=O) groups excluding carboxylic acids is 3. The van der Waals surface area contributed by atoms with Gasteiger partial charge in [-0.25, -0.2) is 9.07 Å². The van der Waals surface area contributed by atoms with Gasteiger partial charge in [0.05, 0.1) is 12.3 Å². The van der Waals surface area contributed by atoms with Gasteiger partial charge in [-0.3, -0.25) is 19.3 Å². The predicted octanol–water partition coefficient (Wildman–Crippen LogP) is 5.80. The van der Waals surface area contributed by atoms with E-state index >= 15 is 0 Å². The lowest BCUT2D eigenvalue weighted by molar-refractivity contribution is -0.141. The van der Waals surface area contributed by atoms with Crippen LogP contribution in [0.15, 0.2) is 102 Å². The number of carbonyl (C=O) groups is 3. The van der Waals surface area contributed by atoms with Crippen LogP contribution in [0.2, 0.25) is 0 Å². The Kier molecular flexibility index (Phi) is 9.29. The van der Waals surface area contributed by atoms with Gasteiger partial charge in [-0.15, -0.1) is 0 Å². The van der Waals surface area contributed by atoms with E-state index in [-0.39, 0.29) is 48.7 Å². The highest BCUT2D eigenvalue weighted by atomic mass is 19.1. The Morgan fingerprint density at radius 1 is 1.02 bits per heavy atom. The van der Waals surface area contributed by atoms with Crippen molar-refractivity contribution in [1.29, 1.82) is 5.26 Å².